The molecule has 0 spiro atoms. The highest BCUT2D eigenvalue weighted by Gasteiger charge is 2.21. The number of nitro benzene ring substituents is 1. The van der Waals surface area contributed by atoms with E-state index in [4.69, 9.17) is 16.3 Å². The molecule has 1 amide bonds. The van der Waals surface area contributed by atoms with Crippen LogP contribution in [0.5, 0.6) is 11.5 Å². The van der Waals surface area contributed by atoms with Crippen LogP contribution in [0, 0.1) is 10.1 Å². The molecular weight excluding hydrogens is 370 g/mol. The summed E-state index contributed by atoms with van der Waals surface area (Å²) >= 11 is 5.80. The van der Waals surface area contributed by atoms with Crippen molar-refractivity contribution in [2.45, 2.75) is 31.8 Å². The molecule has 2 aromatic rings. The second-order valence-corrected chi connectivity index (χ2v) is 6.98. The fourth-order valence-corrected chi connectivity index (χ4v) is 3.22. The Morgan fingerprint density at radius 1 is 1.30 bits per heavy atom. The Kier molecular flexibility index (Phi) is 5.93. The van der Waals surface area contributed by atoms with E-state index in [0.29, 0.717) is 17.4 Å². The van der Waals surface area contributed by atoms with Crippen molar-refractivity contribution in [2.24, 2.45) is 0 Å². The second-order valence-electron chi connectivity index (χ2n) is 6.55. The minimum Gasteiger partial charge on any atom is -0.450 e. The smallest absolute Gasteiger partial charge is 0.313 e. The summed E-state index contributed by atoms with van der Waals surface area (Å²) in [5.41, 5.74) is 0.295. The molecule has 0 aliphatic carbocycles. The molecule has 1 aliphatic heterocycles. The Morgan fingerprint density at radius 2 is 2.04 bits per heavy atom. The number of amides is 1. The maximum absolute atomic E-state index is 12.4. The van der Waals surface area contributed by atoms with Crippen molar-refractivity contribution in [1.82, 2.24) is 10.6 Å². The fraction of sp³-hybridized carbons (Fsp3) is 0.316. The third-order valence-corrected chi connectivity index (χ3v) is 4.66. The number of nitrogens with one attached hydrogen (secondary N) is 2. The van der Waals surface area contributed by atoms with Gasteiger partial charge in [-0.25, -0.2) is 0 Å². The Hall–Kier alpha value is -2.64. The summed E-state index contributed by atoms with van der Waals surface area (Å²) in [5.74, 6) is 0.343. The van der Waals surface area contributed by atoms with Crippen LogP contribution in [-0.4, -0.2) is 29.5 Å². The summed E-state index contributed by atoms with van der Waals surface area (Å²) in [6.07, 6.45) is 1.80. The summed E-state index contributed by atoms with van der Waals surface area (Å²) in [7, 11) is 0. The Bertz CT molecular complexity index is 841. The van der Waals surface area contributed by atoms with Crippen LogP contribution < -0.4 is 15.4 Å². The van der Waals surface area contributed by atoms with Gasteiger partial charge in [0.2, 0.25) is 5.75 Å². The molecule has 2 aromatic carbocycles. The molecule has 0 saturated carbocycles. The zero-order chi connectivity index (χ0) is 19.4. The predicted octanol–water partition coefficient (Wildman–Crippen LogP) is 3.91. The van der Waals surface area contributed by atoms with Crippen molar-refractivity contribution >= 4 is 23.2 Å². The molecule has 2 N–H and O–H groups in total. The van der Waals surface area contributed by atoms with Gasteiger partial charge >= 0.3 is 5.69 Å². The van der Waals surface area contributed by atoms with E-state index < -0.39 is 4.92 Å². The third kappa shape index (κ3) is 4.96. The lowest BCUT2D eigenvalue weighted by atomic mass is 10.0. The highest BCUT2D eigenvalue weighted by atomic mass is 35.5. The van der Waals surface area contributed by atoms with E-state index in [-0.39, 0.29) is 28.4 Å². The van der Waals surface area contributed by atoms with Crippen molar-refractivity contribution < 1.29 is 14.5 Å². The molecule has 0 bridgehead atoms. The van der Waals surface area contributed by atoms with Gasteiger partial charge in [-0.2, -0.15) is 0 Å². The summed E-state index contributed by atoms with van der Waals surface area (Å²) in [6.45, 7) is 2.99. The van der Waals surface area contributed by atoms with Crippen LogP contribution >= 0.6 is 11.6 Å². The molecule has 7 nitrogen and oxygen atoms in total. The van der Waals surface area contributed by atoms with Crippen LogP contribution in [-0.2, 0) is 0 Å². The summed E-state index contributed by atoms with van der Waals surface area (Å²) < 4.78 is 5.58. The number of halogens is 1. The SMILES string of the molecule is CC1CC(NC(=O)c2ccc(Oc3ccc(Cl)cc3[N+](=O)[O-])cc2)CCN1. The molecule has 3 rings (SSSR count). The first-order chi connectivity index (χ1) is 12.9. The lowest BCUT2D eigenvalue weighted by molar-refractivity contribution is -0.385. The van der Waals surface area contributed by atoms with E-state index in [1.807, 2.05) is 0 Å². The molecule has 1 saturated heterocycles. The zero-order valence-electron chi connectivity index (χ0n) is 14.8. The highest BCUT2D eigenvalue weighted by Crippen LogP contribution is 2.33. The van der Waals surface area contributed by atoms with Crippen LogP contribution in [0.1, 0.15) is 30.1 Å². The number of ether oxygens (including phenoxy) is 1. The van der Waals surface area contributed by atoms with Crippen molar-refractivity contribution in [3.63, 3.8) is 0 Å². The van der Waals surface area contributed by atoms with Gasteiger partial charge in [0.1, 0.15) is 5.75 Å². The van der Waals surface area contributed by atoms with E-state index in [1.54, 1.807) is 24.3 Å². The van der Waals surface area contributed by atoms with E-state index in [1.165, 1.54) is 18.2 Å². The van der Waals surface area contributed by atoms with Crippen molar-refractivity contribution in [1.29, 1.82) is 0 Å². The maximum atomic E-state index is 12.4. The van der Waals surface area contributed by atoms with Gasteiger partial charge in [0, 0.05) is 28.7 Å². The second kappa shape index (κ2) is 8.37. The van der Waals surface area contributed by atoms with E-state index in [2.05, 4.69) is 17.6 Å². The normalized spacial score (nSPS) is 19.3. The lowest BCUT2D eigenvalue weighted by Crippen LogP contribution is -2.46. The molecule has 1 fully saturated rings. The number of nitrogens with zero attached hydrogens (tertiary/aromatic N) is 1. The first-order valence-electron chi connectivity index (χ1n) is 8.68. The van der Waals surface area contributed by atoms with E-state index >= 15 is 0 Å². The van der Waals surface area contributed by atoms with Gasteiger partial charge in [0.25, 0.3) is 5.91 Å². The van der Waals surface area contributed by atoms with Crippen LogP contribution in [0.3, 0.4) is 0 Å². The first kappa shape index (κ1) is 19.1. The molecular formula is C19H20ClN3O4. The minimum atomic E-state index is -0.553. The number of carbonyl (C=O) groups excluding carboxylic acids is 1. The number of benzene rings is 2. The number of hydrogen-bond donors (Lipinski definition) is 2. The van der Waals surface area contributed by atoms with E-state index in [0.717, 1.165) is 19.4 Å². The number of piperidine rings is 1. The van der Waals surface area contributed by atoms with Gasteiger partial charge in [-0.1, -0.05) is 11.6 Å². The minimum absolute atomic E-state index is 0.0882. The Morgan fingerprint density at radius 3 is 2.70 bits per heavy atom. The summed E-state index contributed by atoms with van der Waals surface area (Å²) in [5, 5.41) is 17.8. The van der Waals surface area contributed by atoms with E-state index in [9.17, 15) is 14.9 Å². The first-order valence-corrected chi connectivity index (χ1v) is 9.06. The standard InChI is InChI=1S/C19H20ClN3O4/c1-12-10-15(8-9-21-12)22-19(24)13-2-5-16(6-3-13)27-18-7-4-14(20)11-17(18)23(25)26/h2-7,11-12,15,21H,8-10H2,1H3,(H,22,24). The van der Waals surface area contributed by atoms with Crippen LogP contribution in [0.2, 0.25) is 5.02 Å². The average molecular weight is 390 g/mol. The molecule has 2 atom stereocenters. The molecule has 2 unspecified atom stereocenters. The number of nitro groups is 1. The monoisotopic (exact) mass is 389 g/mol. The van der Waals surface area contributed by atoms with Crippen LogP contribution in [0.4, 0.5) is 5.69 Å². The Labute approximate surface area is 161 Å². The average Bonchev–Trinajstić information content (AvgIpc) is 2.63. The predicted molar refractivity (Wildman–Crippen MR) is 103 cm³/mol. The highest BCUT2D eigenvalue weighted by molar-refractivity contribution is 6.30. The maximum Gasteiger partial charge on any atom is 0.313 e. The van der Waals surface area contributed by atoms with Gasteiger partial charge in [-0.15, -0.1) is 0 Å². The lowest BCUT2D eigenvalue weighted by Gasteiger charge is -2.28. The summed E-state index contributed by atoms with van der Waals surface area (Å²) in [6, 6.07) is 11.2. The van der Waals surface area contributed by atoms with Gasteiger partial charge in [0.05, 0.1) is 4.92 Å². The van der Waals surface area contributed by atoms with Gasteiger partial charge in [0.15, 0.2) is 0 Å². The van der Waals surface area contributed by atoms with Crippen molar-refractivity contribution in [2.75, 3.05) is 6.54 Å². The van der Waals surface area contributed by atoms with Gasteiger partial charge < -0.3 is 15.4 Å². The quantitative estimate of drug-likeness (QED) is 0.597. The molecule has 142 valence electrons. The molecule has 1 aliphatic rings. The number of carbonyl (C=O) groups is 1. The topological polar surface area (TPSA) is 93.5 Å². The van der Waals surface area contributed by atoms with Gasteiger partial charge in [-0.3, -0.25) is 14.9 Å². The van der Waals surface area contributed by atoms with Crippen LogP contribution in [0.15, 0.2) is 42.5 Å². The third-order valence-electron chi connectivity index (χ3n) is 4.42. The number of rotatable bonds is 5. The molecule has 0 aromatic heterocycles. The largest absolute Gasteiger partial charge is 0.450 e. The molecule has 8 heteroatoms. The van der Waals surface area contributed by atoms with Crippen LogP contribution in [0.25, 0.3) is 0 Å². The van der Waals surface area contributed by atoms with Gasteiger partial charge in [-0.05, 0) is 62.7 Å². The zero-order valence-corrected chi connectivity index (χ0v) is 15.5. The Balaban J connectivity index is 1.67. The molecule has 0 radical (unpaired) electrons. The molecule has 1 heterocycles. The van der Waals surface area contributed by atoms with Crippen molar-refractivity contribution in [3.05, 3.63) is 63.2 Å². The van der Waals surface area contributed by atoms with Crippen molar-refractivity contribution in [3.8, 4) is 11.5 Å². The summed E-state index contributed by atoms with van der Waals surface area (Å²) in [4.78, 5) is 23.0. The molecule has 27 heavy (non-hydrogen) atoms. The number of hydrogen-bond acceptors (Lipinski definition) is 5. The fourth-order valence-electron chi connectivity index (χ4n) is 3.05.